The van der Waals surface area contributed by atoms with E-state index in [2.05, 4.69) is 10.4 Å². The van der Waals surface area contributed by atoms with Gasteiger partial charge in [-0.15, -0.1) is 5.10 Å². The highest BCUT2D eigenvalue weighted by Crippen LogP contribution is 2.16. The van der Waals surface area contributed by atoms with Crippen LogP contribution in [0, 0.1) is 11.7 Å². The van der Waals surface area contributed by atoms with E-state index in [9.17, 15) is 23.6 Å². The fourth-order valence-corrected chi connectivity index (χ4v) is 4.03. The van der Waals surface area contributed by atoms with E-state index in [4.69, 9.17) is 0 Å². The van der Waals surface area contributed by atoms with E-state index in [1.807, 2.05) is 20.8 Å². The Bertz CT molecular complexity index is 1600. The largest absolute Gasteiger partial charge is 0.352 e. The number of fused-ring (bicyclic) bond motifs is 3. The number of rotatable bonds is 8. The molecule has 0 unspecified atom stereocenters. The van der Waals surface area contributed by atoms with Gasteiger partial charge in [0.25, 0.3) is 11.5 Å². The molecule has 0 radical (unpaired) electrons. The Morgan fingerprint density at radius 3 is 2.46 bits per heavy atom. The predicted molar refractivity (Wildman–Crippen MR) is 138 cm³/mol. The fraction of sp³-hybridized carbons (Fsp3) is 0.346. The molecule has 0 aliphatic rings. The van der Waals surface area contributed by atoms with Crippen LogP contribution in [0.1, 0.15) is 37.6 Å². The molecule has 0 aliphatic heterocycles. The maximum absolute atomic E-state index is 13.5. The highest BCUT2D eigenvalue weighted by molar-refractivity contribution is 5.98. The van der Waals surface area contributed by atoms with Gasteiger partial charge in [0.05, 0.1) is 10.9 Å². The normalized spacial score (nSPS) is 11.4. The first-order valence-corrected chi connectivity index (χ1v) is 12.1. The number of hydrogen-bond acceptors (Lipinski definition) is 5. The third kappa shape index (κ3) is 5.02. The molecule has 0 spiro atoms. The summed E-state index contributed by atoms with van der Waals surface area (Å²) in [6.45, 7) is 6.24. The van der Waals surface area contributed by atoms with E-state index in [1.54, 1.807) is 6.07 Å². The van der Waals surface area contributed by atoms with E-state index in [-0.39, 0.29) is 34.1 Å². The lowest BCUT2D eigenvalue weighted by Gasteiger charge is -2.16. The van der Waals surface area contributed by atoms with Crippen molar-refractivity contribution in [2.24, 2.45) is 5.92 Å². The molecule has 2 aromatic heterocycles. The van der Waals surface area contributed by atoms with Gasteiger partial charge >= 0.3 is 5.69 Å². The molecular weight excluding hydrogens is 479 g/mol. The average Bonchev–Trinajstić information content (AvgIpc) is 3.20. The van der Waals surface area contributed by atoms with Crippen LogP contribution in [0.2, 0.25) is 0 Å². The number of carbonyl (C=O) groups excluding carboxylic acids is 2. The molecule has 194 valence electrons. The summed E-state index contributed by atoms with van der Waals surface area (Å²) < 4.78 is 16.9. The third-order valence-corrected chi connectivity index (χ3v) is 6.03. The number of aromatic nitrogens is 4. The predicted octanol–water partition coefficient (Wildman–Crippen LogP) is 2.41. The van der Waals surface area contributed by atoms with Gasteiger partial charge in [-0.1, -0.05) is 20.8 Å². The number of amides is 2. The van der Waals surface area contributed by atoms with E-state index >= 15 is 0 Å². The zero-order valence-electron chi connectivity index (χ0n) is 21.2. The molecule has 0 fully saturated rings. The number of benzene rings is 2. The minimum absolute atomic E-state index is 0.0846. The average molecular weight is 509 g/mol. The minimum Gasteiger partial charge on any atom is -0.352 e. The van der Waals surface area contributed by atoms with Crippen LogP contribution in [0.3, 0.4) is 0 Å². The second-order valence-corrected chi connectivity index (χ2v) is 9.30. The van der Waals surface area contributed by atoms with Gasteiger partial charge < -0.3 is 10.2 Å². The number of aryl methyl sites for hydroxylation is 1. The quantitative estimate of drug-likeness (QED) is 0.393. The highest BCUT2D eigenvalue weighted by Gasteiger charge is 2.21. The maximum atomic E-state index is 13.5. The van der Waals surface area contributed by atoms with Crippen LogP contribution < -0.4 is 21.5 Å². The molecule has 0 aliphatic carbocycles. The zero-order chi connectivity index (χ0) is 26.9. The SMILES string of the molecule is CCCn1c(=O)c2ccc(C(=O)NCC(C)C)cc2n2c(=O)n(CC(=O)N(C)c3ccc(F)cc3)nc12. The second kappa shape index (κ2) is 10.4. The molecule has 37 heavy (non-hydrogen) atoms. The van der Waals surface area contributed by atoms with Crippen LogP contribution in [0.15, 0.2) is 52.1 Å². The molecule has 0 saturated carbocycles. The number of nitrogens with one attached hydrogen (secondary N) is 1. The first-order valence-electron chi connectivity index (χ1n) is 12.1. The maximum Gasteiger partial charge on any atom is 0.352 e. The lowest BCUT2D eigenvalue weighted by molar-refractivity contribution is -0.119. The molecule has 11 heteroatoms. The standard InChI is InChI=1S/C26H29FN6O4/c1-5-12-31-24(36)20-11-6-17(23(35)28-14-16(2)3)13-21(20)33-25(31)29-32(26(33)37)15-22(34)30(4)19-9-7-18(27)8-10-19/h6-11,13,16H,5,12,14-15H2,1-4H3,(H,28,35). The smallest absolute Gasteiger partial charge is 0.352 e. The number of anilines is 1. The van der Waals surface area contributed by atoms with E-state index in [1.165, 1.54) is 57.3 Å². The van der Waals surface area contributed by atoms with Gasteiger partial charge in [0.15, 0.2) is 0 Å². The van der Waals surface area contributed by atoms with Gasteiger partial charge in [-0.05, 0) is 54.8 Å². The van der Waals surface area contributed by atoms with Crippen molar-refractivity contribution in [2.75, 3.05) is 18.5 Å². The molecule has 2 heterocycles. The van der Waals surface area contributed by atoms with Crippen LogP contribution in [0.5, 0.6) is 0 Å². The summed E-state index contributed by atoms with van der Waals surface area (Å²) in [5.74, 6) is -0.873. The van der Waals surface area contributed by atoms with Crippen molar-refractivity contribution in [3.63, 3.8) is 0 Å². The number of halogens is 1. The Morgan fingerprint density at radius 2 is 1.81 bits per heavy atom. The Labute approximate surface area is 211 Å². The fourth-order valence-electron chi connectivity index (χ4n) is 4.03. The molecule has 0 saturated heterocycles. The van der Waals surface area contributed by atoms with Gasteiger partial charge in [0.2, 0.25) is 11.7 Å². The summed E-state index contributed by atoms with van der Waals surface area (Å²) in [7, 11) is 1.51. The molecule has 4 aromatic rings. The molecule has 2 aromatic carbocycles. The molecule has 4 rings (SSSR count). The van der Waals surface area contributed by atoms with Crippen molar-refractivity contribution in [2.45, 2.75) is 40.3 Å². The lowest BCUT2D eigenvalue weighted by atomic mass is 10.1. The molecule has 10 nitrogen and oxygen atoms in total. The van der Waals surface area contributed by atoms with Crippen molar-refractivity contribution in [1.82, 2.24) is 24.1 Å². The van der Waals surface area contributed by atoms with Crippen molar-refractivity contribution in [3.05, 3.63) is 74.7 Å². The zero-order valence-corrected chi connectivity index (χ0v) is 21.2. The van der Waals surface area contributed by atoms with Gasteiger partial charge in [-0.3, -0.25) is 19.0 Å². The number of hydrogen-bond donors (Lipinski definition) is 1. The number of nitrogens with zero attached hydrogens (tertiary/aromatic N) is 5. The van der Waals surface area contributed by atoms with Crippen molar-refractivity contribution in [3.8, 4) is 0 Å². The topological polar surface area (TPSA) is 111 Å². The monoisotopic (exact) mass is 508 g/mol. The van der Waals surface area contributed by atoms with Gasteiger partial charge in [-0.2, -0.15) is 0 Å². The number of carbonyl (C=O) groups is 2. The first-order chi connectivity index (χ1) is 17.6. The number of likely N-dealkylation sites (N-methyl/N-ethyl adjacent to an activating group) is 1. The summed E-state index contributed by atoms with van der Waals surface area (Å²) in [5.41, 5.74) is 0.0263. The third-order valence-electron chi connectivity index (χ3n) is 6.03. The van der Waals surface area contributed by atoms with E-state index in [0.29, 0.717) is 30.8 Å². The summed E-state index contributed by atoms with van der Waals surface area (Å²) >= 11 is 0. The van der Waals surface area contributed by atoms with Gasteiger partial charge in [0, 0.05) is 31.4 Å². The molecule has 1 N–H and O–H groups in total. The van der Waals surface area contributed by atoms with E-state index in [0.717, 1.165) is 4.68 Å². The summed E-state index contributed by atoms with van der Waals surface area (Å²) in [6.07, 6.45) is 0.615. The highest BCUT2D eigenvalue weighted by atomic mass is 19.1. The Kier molecular flexibility index (Phi) is 7.23. The Hall–Kier alpha value is -4.28. The van der Waals surface area contributed by atoms with Crippen LogP contribution in [-0.4, -0.2) is 44.2 Å². The summed E-state index contributed by atoms with van der Waals surface area (Å²) in [5, 5.41) is 7.42. The minimum atomic E-state index is -0.620. The summed E-state index contributed by atoms with van der Waals surface area (Å²) in [4.78, 5) is 53.7. The lowest BCUT2D eigenvalue weighted by Crippen LogP contribution is -2.34. The second-order valence-electron chi connectivity index (χ2n) is 9.30. The summed E-state index contributed by atoms with van der Waals surface area (Å²) in [6, 6.07) is 9.97. The Balaban J connectivity index is 1.82. The Morgan fingerprint density at radius 1 is 1.11 bits per heavy atom. The van der Waals surface area contributed by atoms with Gasteiger partial charge in [-0.25, -0.2) is 18.3 Å². The van der Waals surface area contributed by atoms with Crippen molar-refractivity contribution in [1.29, 1.82) is 0 Å². The van der Waals surface area contributed by atoms with Gasteiger partial charge in [0.1, 0.15) is 12.4 Å². The van der Waals surface area contributed by atoms with Crippen molar-refractivity contribution < 1.29 is 14.0 Å². The first kappa shape index (κ1) is 25.8. The molecular formula is C26H29FN6O4. The van der Waals surface area contributed by atoms with Crippen LogP contribution in [0.4, 0.5) is 10.1 Å². The molecule has 2 amide bonds. The van der Waals surface area contributed by atoms with Crippen LogP contribution >= 0.6 is 0 Å². The molecule has 0 atom stereocenters. The van der Waals surface area contributed by atoms with Crippen LogP contribution in [-0.2, 0) is 17.9 Å². The van der Waals surface area contributed by atoms with E-state index < -0.39 is 24.0 Å². The molecule has 0 bridgehead atoms. The van der Waals surface area contributed by atoms with Crippen LogP contribution in [0.25, 0.3) is 16.7 Å². The van der Waals surface area contributed by atoms with Crippen molar-refractivity contribution >= 4 is 34.2 Å².